The van der Waals surface area contributed by atoms with Crippen molar-refractivity contribution in [1.82, 2.24) is 0 Å². The molecule has 0 amide bonds. The molecule has 0 aliphatic carbocycles. The number of nitrogens with two attached hydrogens (primary N) is 1. The Labute approximate surface area is 94.8 Å². The van der Waals surface area contributed by atoms with Gasteiger partial charge in [0.15, 0.2) is 0 Å². The lowest BCUT2D eigenvalue weighted by molar-refractivity contribution is -0.253. The Morgan fingerprint density at radius 3 is 2.53 bits per heavy atom. The molecule has 0 spiro atoms. The summed E-state index contributed by atoms with van der Waals surface area (Å²) in [4.78, 5) is 0. The third kappa shape index (κ3) is 3.57. The number of hydrogen-bond acceptors (Lipinski definition) is 3. The second kappa shape index (κ2) is 5.33. The SMILES string of the molecule is NC(CO)c1cccc(OC(F)(F)C(F)F)c1. The summed E-state index contributed by atoms with van der Waals surface area (Å²) in [6, 6.07) is 4.19. The first-order chi connectivity index (χ1) is 7.86. The van der Waals surface area contributed by atoms with Crippen LogP contribution in [0.1, 0.15) is 11.6 Å². The molecule has 1 rings (SSSR count). The first-order valence-electron chi connectivity index (χ1n) is 4.68. The van der Waals surface area contributed by atoms with Crippen LogP contribution in [0.4, 0.5) is 17.6 Å². The molecule has 1 atom stereocenters. The smallest absolute Gasteiger partial charge is 0.428 e. The molecule has 1 aromatic rings. The fraction of sp³-hybridized carbons (Fsp3) is 0.400. The Morgan fingerprint density at radius 2 is 2.00 bits per heavy atom. The van der Waals surface area contributed by atoms with Crippen molar-refractivity contribution in [2.45, 2.75) is 18.6 Å². The maximum atomic E-state index is 12.6. The van der Waals surface area contributed by atoms with Crippen LogP contribution >= 0.6 is 0 Å². The van der Waals surface area contributed by atoms with Gasteiger partial charge in [0.05, 0.1) is 12.6 Å². The second-order valence-corrected chi connectivity index (χ2v) is 3.33. The lowest BCUT2D eigenvalue weighted by atomic mass is 10.1. The lowest BCUT2D eigenvalue weighted by Gasteiger charge is -2.18. The zero-order valence-corrected chi connectivity index (χ0v) is 8.62. The monoisotopic (exact) mass is 253 g/mol. The molecular formula is C10H11F4NO2. The molecule has 0 saturated heterocycles. The zero-order chi connectivity index (χ0) is 13.1. The Balaban J connectivity index is 2.86. The van der Waals surface area contributed by atoms with Crippen LogP contribution in [0.15, 0.2) is 24.3 Å². The van der Waals surface area contributed by atoms with Gasteiger partial charge in [-0.15, -0.1) is 0 Å². The summed E-state index contributed by atoms with van der Waals surface area (Å²) in [5.74, 6) is -0.434. The summed E-state index contributed by atoms with van der Waals surface area (Å²) in [6.45, 7) is -0.394. The Bertz CT molecular complexity index is 373. The van der Waals surface area contributed by atoms with Gasteiger partial charge in [0.1, 0.15) is 5.75 Å². The quantitative estimate of drug-likeness (QED) is 0.788. The van der Waals surface area contributed by atoms with Crippen LogP contribution in [0.2, 0.25) is 0 Å². The van der Waals surface area contributed by atoms with Gasteiger partial charge in [0.2, 0.25) is 0 Å². The van der Waals surface area contributed by atoms with Gasteiger partial charge in [-0.25, -0.2) is 0 Å². The molecule has 96 valence electrons. The Morgan fingerprint density at radius 1 is 1.35 bits per heavy atom. The van der Waals surface area contributed by atoms with Crippen LogP contribution < -0.4 is 10.5 Å². The van der Waals surface area contributed by atoms with Gasteiger partial charge in [-0.2, -0.15) is 17.6 Å². The molecule has 1 aromatic carbocycles. The van der Waals surface area contributed by atoms with E-state index in [-0.39, 0.29) is 0 Å². The summed E-state index contributed by atoms with van der Waals surface area (Å²) in [5.41, 5.74) is 5.76. The molecular weight excluding hydrogens is 242 g/mol. The first kappa shape index (κ1) is 13.7. The van der Waals surface area contributed by atoms with Crippen LogP contribution in [0.3, 0.4) is 0 Å². The van der Waals surface area contributed by atoms with E-state index in [1.165, 1.54) is 12.1 Å². The maximum Gasteiger partial charge on any atom is 0.461 e. The average Bonchev–Trinajstić information content (AvgIpc) is 2.27. The number of hydrogen-bond donors (Lipinski definition) is 2. The van der Waals surface area contributed by atoms with Gasteiger partial charge in [0.25, 0.3) is 0 Å². The van der Waals surface area contributed by atoms with E-state index in [9.17, 15) is 17.6 Å². The van der Waals surface area contributed by atoms with Gasteiger partial charge >= 0.3 is 12.5 Å². The van der Waals surface area contributed by atoms with Crippen LogP contribution in [-0.4, -0.2) is 24.2 Å². The summed E-state index contributed by atoms with van der Waals surface area (Å²) >= 11 is 0. The third-order valence-corrected chi connectivity index (χ3v) is 1.99. The molecule has 17 heavy (non-hydrogen) atoms. The zero-order valence-electron chi connectivity index (χ0n) is 8.62. The highest BCUT2D eigenvalue weighted by atomic mass is 19.3. The van der Waals surface area contributed by atoms with Gasteiger partial charge < -0.3 is 15.6 Å². The largest absolute Gasteiger partial charge is 0.461 e. The van der Waals surface area contributed by atoms with Crippen molar-refractivity contribution in [3.63, 3.8) is 0 Å². The fourth-order valence-electron chi connectivity index (χ4n) is 1.12. The third-order valence-electron chi connectivity index (χ3n) is 1.99. The van der Waals surface area contributed by atoms with Crippen molar-refractivity contribution >= 4 is 0 Å². The van der Waals surface area contributed by atoms with E-state index in [1.807, 2.05) is 0 Å². The predicted molar refractivity (Wildman–Crippen MR) is 52.0 cm³/mol. The predicted octanol–water partition coefficient (Wildman–Crippen LogP) is 1.92. The molecule has 3 nitrogen and oxygen atoms in total. The van der Waals surface area contributed by atoms with Crippen molar-refractivity contribution in [1.29, 1.82) is 0 Å². The summed E-state index contributed by atoms with van der Waals surface area (Å²) < 4.78 is 52.8. The maximum absolute atomic E-state index is 12.6. The number of aliphatic hydroxyl groups excluding tert-OH is 1. The molecule has 0 radical (unpaired) electrons. The topological polar surface area (TPSA) is 55.5 Å². The fourth-order valence-corrected chi connectivity index (χ4v) is 1.12. The summed E-state index contributed by atoms with van der Waals surface area (Å²) in [5, 5.41) is 8.77. The van der Waals surface area contributed by atoms with E-state index >= 15 is 0 Å². The van der Waals surface area contributed by atoms with E-state index in [0.717, 1.165) is 12.1 Å². The van der Waals surface area contributed by atoms with Crippen LogP contribution in [0.25, 0.3) is 0 Å². The van der Waals surface area contributed by atoms with Crippen molar-refractivity contribution in [3.8, 4) is 5.75 Å². The number of alkyl halides is 4. The van der Waals surface area contributed by atoms with Gasteiger partial charge in [-0.1, -0.05) is 12.1 Å². The minimum absolute atomic E-state index is 0.315. The molecule has 7 heteroatoms. The van der Waals surface area contributed by atoms with Gasteiger partial charge in [0, 0.05) is 0 Å². The Kier molecular flexibility index (Phi) is 4.30. The van der Waals surface area contributed by atoms with Crippen LogP contribution in [0.5, 0.6) is 5.75 Å². The second-order valence-electron chi connectivity index (χ2n) is 3.33. The van der Waals surface area contributed by atoms with E-state index in [0.29, 0.717) is 5.56 Å². The highest BCUT2D eigenvalue weighted by Gasteiger charge is 2.43. The van der Waals surface area contributed by atoms with E-state index < -0.39 is 30.9 Å². The molecule has 1 unspecified atom stereocenters. The number of rotatable bonds is 5. The highest BCUT2D eigenvalue weighted by molar-refractivity contribution is 5.30. The van der Waals surface area contributed by atoms with E-state index in [4.69, 9.17) is 10.8 Å². The molecule has 0 fully saturated rings. The molecule has 0 aliphatic rings. The van der Waals surface area contributed by atoms with Crippen LogP contribution in [0, 0.1) is 0 Å². The minimum atomic E-state index is -4.55. The van der Waals surface area contributed by atoms with Crippen molar-refractivity contribution < 1.29 is 27.4 Å². The normalized spacial score (nSPS) is 13.8. The average molecular weight is 253 g/mol. The number of benzene rings is 1. The van der Waals surface area contributed by atoms with Gasteiger partial charge in [-0.05, 0) is 17.7 Å². The Hall–Kier alpha value is -1.34. The number of ether oxygens (including phenoxy) is 1. The number of halogens is 4. The lowest BCUT2D eigenvalue weighted by Crippen LogP contribution is -2.33. The van der Waals surface area contributed by atoms with Crippen molar-refractivity contribution in [3.05, 3.63) is 29.8 Å². The highest BCUT2D eigenvalue weighted by Crippen LogP contribution is 2.28. The first-order valence-corrected chi connectivity index (χ1v) is 4.68. The van der Waals surface area contributed by atoms with Crippen molar-refractivity contribution in [2.24, 2.45) is 5.73 Å². The molecule has 0 aromatic heterocycles. The summed E-state index contributed by atoms with van der Waals surface area (Å²) in [6.07, 6.45) is -8.47. The minimum Gasteiger partial charge on any atom is -0.428 e. The summed E-state index contributed by atoms with van der Waals surface area (Å²) in [7, 11) is 0. The molecule has 3 N–H and O–H groups in total. The van der Waals surface area contributed by atoms with E-state index in [2.05, 4.69) is 4.74 Å². The molecule has 0 bridgehead atoms. The van der Waals surface area contributed by atoms with Crippen LogP contribution in [-0.2, 0) is 0 Å². The molecule has 0 heterocycles. The molecule has 0 saturated carbocycles. The molecule has 0 aliphatic heterocycles. The number of aliphatic hydroxyl groups is 1. The van der Waals surface area contributed by atoms with E-state index in [1.54, 1.807) is 0 Å². The standard InChI is InChI=1S/C10H11F4NO2/c11-9(12)10(13,14)17-7-3-1-2-6(4-7)8(15)5-16/h1-4,8-9,16H,5,15H2. The van der Waals surface area contributed by atoms with Crippen molar-refractivity contribution in [2.75, 3.05) is 6.61 Å². The van der Waals surface area contributed by atoms with Gasteiger partial charge in [-0.3, -0.25) is 0 Å².